The van der Waals surface area contributed by atoms with Gasteiger partial charge in [0.05, 0.1) is 0 Å². The molecule has 0 bridgehead atoms. The third kappa shape index (κ3) is 3.66. The van der Waals surface area contributed by atoms with Crippen LogP contribution in [0.2, 0.25) is 0 Å². The molecule has 27 heavy (non-hydrogen) atoms. The van der Waals surface area contributed by atoms with Gasteiger partial charge in [0, 0.05) is 31.6 Å². The molecule has 4 rings (SSSR count). The number of carbonyl (C=O) groups is 1. The minimum Gasteiger partial charge on any atom is -0.427 e. The molecule has 1 amide bonds. The van der Waals surface area contributed by atoms with Crippen LogP contribution in [0, 0.1) is 6.92 Å². The van der Waals surface area contributed by atoms with E-state index < -0.39 is 5.63 Å². The minimum atomic E-state index is -0.512. The molecule has 8 heteroatoms. The second-order valence-corrected chi connectivity index (χ2v) is 7.47. The van der Waals surface area contributed by atoms with Crippen LogP contribution in [0.1, 0.15) is 59.3 Å². The zero-order chi connectivity index (χ0) is 18.8. The molecular formula is C19H25N5O3. The Kier molecular flexibility index (Phi) is 5.07. The van der Waals surface area contributed by atoms with E-state index in [9.17, 15) is 9.59 Å². The maximum Gasteiger partial charge on any atom is 0.349 e. The largest absolute Gasteiger partial charge is 0.427 e. The molecule has 0 spiro atoms. The highest BCUT2D eigenvalue weighted by atomic mass is 16.4. The van der Waals surface area contributed by atoms with Crippen molar-refractivity contribution in [3.05, 3.63) is 46.0 Å². The number of nitrogens with one attached hydrogen (secondary N) is 1. The zero-order valence-corrected chi connectivity index (χ0v) is 15.6. The first kappa shape index (κ1) is 17.9. The van der Waals surface area contributed by atoms with E-state index in [1.165, 1.54) is 0 Å². The lowest BCUT2D eigenvalue weighted by Gasteiger charge is -2.32. The van der Waals surface area contributed by atoms with Gasteiger partial charge in [0.25, 0.3) is 5.91 Å². The molecule has 2 saturated heterocycles. The summed E-state index contributed by atoms with van der Waals surface area (Å²) in [5.74, 6) is 0.665. The van der Waals surface area contributed by atoms with Gasteiger partial charge in [-0.25, -0.2) is 4.79 Å². The summed E-state index contributed by atoms with van der Waals surface area (Å²) in [4.78, 5) is 27.3. The highest BCUT2D eigenvalue weighted by molar-refractivity contribution is 5.95. The number of rotatable bonds is 3. The number of aryl methyl sites for hydroxylation is 1. The van der Waals surface area contributed by atoms with Crippen molar-refractivity contribution in [2.24, 2.45) is 0 Å². The summed E-state index contributed by atoms with van der Waals surface area (Å²) < 4.78 is 7.54. The van der Waals surface area contributed by atoms with Crippen LogP contribution in [0.3, 0.4) is 0 Å². The maximum absolute atomic E-state index is 12.9. The Hall–Kier alpha value is -2.48. The molecule has 1 N–H and O–H groups in total. The summed E-state index contributed by atoms with van der Waals surface area (Å²) in [6, 6.07) is 2.17. The summed E-state index contributed by atoms with van der Waals surface area (Å²) in [6.45, 7) is 4.85. The lowest BCUT2D eigenvalue weighted by molar-refractivity contribution is 0.0688. The van der Waals surface area contributed by atoms with E-state index in [4.69, 9.17) is 4.42 Å². The fourth-order valence-electron chi connectivity index (χ4n) is 4.11. The first-order chi connectivity index (χ1) is 13.1. The summed E-state index contributed by atoms with van der Waals surface area (Å²) >= 11 is 0. The van der Waals surface area contributed by atoms with E-state index >= 15 is 0 Å². The molecule has 0 saturated carbocycles. The fraction of sp³-hybridized carbons (Fsp3) is 0.579. The highest BCUT2D eigenvalue weighted by Crippen LogP contribution is 2.26. The van der Waals surface area contributed by atoms with Crippen LogP contribution in [0.15, 0.2) is 27.9 Å². The van der Waals surface area contributed by atoms with E-state index in [-0.39, 0.29) is 17.4 Å². The van der Waals surface area contributed by atoms with Crippen LogP contribution < -0.4 is 10.9 Å². The Morgan fingerprint density at radius 2 is 1.96 bits per heavy atom. The number of amides is 1. The molecule has 2 aliphatic heterocycles. The first-order valence-corrected chi connectivity index (χ1v) is 9.62. The van der Waals surface area contributed by atoms with E-state index in [1.54, 1.807) is 17.6 Å². The fourth-order valence-corrected chi connectivity index (χ4v) is 4.11. The lowest BCUT2D eigenvalue weighted by Crippen LogP contribution is -2.41. The normalized spacial score (nSPS) is 21.4. The molecule has 1 atom stereocenters. The van der Waals surface area contributed by atoms with Crippen molar-refractivity contribution in [2.45, 2.75) is 44.6 Å². The maximum atomic E-state index is 12.9. The third-order valence-electron chi connectivity index (χ3n) is 5.69. The monoisotopic (exact) mass is 371 g/mol. The highest BCUT2D eigenvalue weighted by Gasteiger charge is 2.28. The van der Waals surface area contributed by atoms with E-state index in [0.717, 1.165) is 38.8 Å². The Labute approximate surface area is 157 Å². The van der Waals surface area contributed by atoms with Crippen LogP contribution in [-0.2, 0) is 0 Å². The molecule has 0 radical (unpaired) electrons. The van der Waals surface area contributed by atoms with Crippen molar-refractivity contribution in [3.8, 4) is 0 Å². The van der Waals surface area contributed by atoms with Gasteiger partial charge >= 0.3 is 5.63 Å². The summed E-state index contributed by atoms with van der Waals surface area (Å²) in [7, 11) is 0. The molecule has 2 aliphatic rings. The second-order valence-electron chi connectivity index (χ2n) is 7.47. The van der Waals surface area contributed by atoms with Crippen LogP contribution >= 0.6 is 0 Å². The van der Waals surface area contributed by atoms with Crippen molar-refractivity contribution in [2.75, 3.05) is 26.2 Å². The van der Waals surface area contributed by atoms with Crippen molar-refractivity contribution < 1.29 is 9.21 Å². The van der Waals surface area contributed by atoms with Crippen molar-refractivity contribution in [1.82, 2.24) is 25.0 Å². The van der Waals surface area contributed by atoms with Gasteiger partial charge in [-0.1, -0.05) is 0 Å². The molecule has 0 aliphatic carbocycles. The second kappa shape index (κ2) is 7.64. The molecule has 8 nitrogen and oxygen atoms in total. The van der Waals surface area contributed by atoms with E-state index in [1.807, 2.05) is 17.6 Å². The van der Waals surface area contributed by atoms with Crippen molar-refractivity contribution in [1.29, 1.82) is 0 Å². The van der Waals surface area contributed by atoms with Gasteiger partial charge in [-0.2, -0.15) is 0 Å². The van der Waals surface area contributed by atoms with Crippen LogP contribution in [-0.4, -0.2) is 51.8 Å². The Morgan fingerprint density at radius 3 is 2.59 bits per heavy atom. The first-order valence-electron chi connectivity index (χ1n) is 9.62. The molecule has 2 fully saturated rings. The molecule has 2 aromatic rings. The summed E-state index contributed by atoms with van der Waals surface area (Å²) in [5, 5.41) is 11.0. The van der Waals surface area contributed by atoms with Gasteiger partial charge < -0.3 is 19.2 Å². The Bertz CT molecular complexity index is 847. The predicted molar refractivity (Wildman–Crippen MR) is 98.8 cm³/mol. The quantitative estimate of drug-likeness (QED) is 0.879. The molecule has 144 valence electrons. The van der Waals surface area contributed by atoms with Crippen molar-refractivity contribution in [3.63, 3.8) is 0 Å². The third-order valence-corrected chi connectivity index (χ3v) is 5.69. The number of likely N-dealkylation sites (tertiary alicyclic amines) is 1. The van der Waals surface area contributed by atoms with Crippen molar-refractivity contribution >= 4 is 5.91 Å². The number of aromatic nitrogens is 3. The van der Waals surface area contributed by atoms with Gasteiger partial charge in [0.1, 0.15) is 24.0 Å². The van der Waals surface area contributed by atoms with Gasteiger partial charge in [0.2, 0.25) is 0 Å². The van der Waals surface area contributed by atoms with Gasteiger partial charge in [-0.15, -0.1) is 10.2 Å². The van der Waals surface area contributed by atoms with E-state index in [0.29, 0.717) is 30.5 Å². The summed E-state index contributed by atoms with van der Waals surface area (Å²) in [6.07, 6.45) is 7.12. The molecular weight excluding hydrogens is 346 g/mol. The van der Waals surface area contributed by atoms with Gasteiger partial charge in [-0.3, -0.25) is 4.79 Å². The predicted octanol–water partition coefficient (Wildman–Crippen LogP) is 1.48. The molecule has 4 heterocycles. The van der Waals surface area contributed by atoms with Crippen LogP contribution in [0.5, 0.6) is 0 Å². The van der Waals surface area contributed by atoms with Gasteiger partial charge in [-0.05, 0) is 50.8 Å². The molecule has 2 aromatic heterocycles. The molecule has 0 aromatic carbocycles. The Balaban J connectivity index is 1.48. The SMILES string of the molecule is Cc1cc(C2CCCNC2)oc(=O)c1C(=O)N1CCC(n2cnnc2)CC1. The summed E-state index contributed by atoms with van der Waals surface area (Å²) in [5.41, 5.74) is 0.365. The van der Waals surface area contributed by atoms with Crippen LogP contribution in [0.4, 0.5) is 0 Å². The van der Waals surface area contributed by atoms with Gasteiger partial charge in [0.15, 0.2) is 0 Å². The standard InChI is InChI=1S/C19H25N5O3/c1-13-9-16(14-3-2-6-20-10-14)27-19(26)17(13)18(25)23-7-4-15(5-8-23)24-11-21-22-12-24/h9,11-12,14-15,20H,2-8,10H2,1H3. The van der Waals surface area contributed by atoms with E-state index in [2.05, 4.69) is 15.5 Å². The minimum absolute atomic E-state index is 0.172. The Morgan fingerprint density at radius 1 is 1.22 bits per heavy atom. The number of nitrogens with zero attached hydrogens (tertiary/aromatic N) is 4. The topological polar surface area (TPSA) is 93.3 Å². The number of hydrogen-bond acceptors (Lipinski definition) is 6. The zero-order valence-electron chi connectivity index (χ0n) is 15.6. The molecule has 1 unspecified atom stereocenters. The average Bonchev–Trinajstić information content (AvgIpc) is 3.23. The number of piperidine rings is 2. The lowest BCUT2D eigenvalue weighted by atomic mass is 9.95. The number of carbonyl (C=O) groups excluding carboxylic acids is 1. The van der Waals surface area contributed by atoms with Crippen LogP contribution in [0.25, 0.3) is 0 Å². The smallest absolute Gasteiger partial charge is 0.349 e. The average molecular weight is 371 g/mol. The number of hydrogen-bond donors (Lipinski definition) is 1.